The Morgan fingerprint density at radius 1 is 0.963 bits per heavy atom. The Morgan fingerprint density at radius 3 is 1.89 bits per heavy atom. The van der Waals surface area contributed by atoms with Gasteiger partial charge in [0, 0.05) is 18.2 Å². The third-order valence-electron chi connectivity index (χ3n) is 3.47. The van der Waals surface area contributed by atoms with Crippen molar-refractivity contribution < 1.29 is 28.7 Å². The van der Waals surface area contributed by atoms with E-state index in [1.165, 1.54) is 25.6 Å². The lowest BCUT2D eigenvalue weighted by Crippen LogP contribution is -2.62. The van der Waals surface area contributed by atoms with Crippen LogP contribution in [-0.2, 0) is 35.1 Å². The van der Waals surface area contributed by atoms with Gasteiger partial charge in [-0.25, -0.2) is 9.59 Å². The normalized spacial score (nSPS) is 10.8. The number of hydrogen-bond acceptors (Lipinski definition) is 7. The molecule has 0 aliphatic heterocycles. The molecule has 1 rings (SSSR count). The molecule has 0 aliphatic carbocycles. The fourth-order valence-corrected chi connectivity index (χ4v) is 3.08. The van der Waals surface area contributed by atoms with E-state index in [2.05, 4.69) is 5.32 Å². The number of rotatable bonds is 10. The maximum absolute atomic E-state index is 12.6. The second-order valence-corrected chi connectivity index (χ2v) is 6.89. The van der Waals surface area contributed by atoms with Crippen molar-refractivity contribution in [3.05, 3.63) is 29.8 Å². The highest BCUT2D eigenvalue weighted by atomic mass is 32.2. The molecule has 1 aromatic carbocycles. The van der Waals surface area contributed by atoms with Crippen molar-refractivity contribution in [3.8, 4) is 0 Å². The fraction of sp³-hybridized carbons (Fsp3) is 0.474. The number of hydrogen-bond donors (Lipinski definition) is 1. The molecule has 1 N–H and O–H groups in total. The quantitative estimate of drug-likeness (QED) is 0.367. The first-order chi connectivity index (χ1) is 12.7. The van der Waals surface area contributed by atoms with E-state index in [0.717, 1.165) is 4.90 Å². The first-order valence-corrected chi connectivity index (χ1v) is 9.58. The van der Waals surface area contributed by atoms with Crippen LogP contribution in [0.15, 0.2) is 29.2 Å². The summed E-state index contributed by atoms with van der Waals surface area (Å²) >= 11 is 1.39. The van der Waals surface area contributed by atoms with Crippen LogP contribution in [0.5, 0.6) is 0 Å². The van der Waals surface area contributed by atoms with Crippen molar-refractivity contribution in [2.45, 2.75) is 44.6 Å². The summed E-state index contributed by atoms with van der Waals surface area (Å²) < 4.78 is 10.1. The topological polar surface area (TPSA) is 98.8 Å². The summed E-state index contributed by atoms with van der Waals surface area (Å²) in [5.74, 6) is -1.86. The van der Waals surface area contributed by atoms with Crippen LogP contribution in [0.25, 0.3) is 0 Å². The molecule has 0 saturated carbocycles. The number of carbonyl (C=O) groups excluding carboxylic acids is 4. The molecule has 0 fully saturated rings. The van der Waals surface area contributed by atoms with E-state index in [-0.39, 0.29) is 25.4 Å². The average Bonchev–Trinajstić information content (AvgIpc) is 2.60. The number of Topliss-reactive ketones (excluding diaryl/α,β-unsaturated/α-hetero) is 1. The largest absolute Gasteiger partial charge is 0.464 e. The fourth-order valence-electron chi connectivity index (χ4n) is 2.38. The molecular weight excluding hydrogens is 370 g/mol. The van der Waals surface area contributed by atoms with E-state index in [1.807, 2.05) is 0 Å². The minimum atomic E-state index is -1.95. The van der Waals surface area contributed by atoms with E-state index in [9.17, 15) is 19.2 Å². The summed E-state index contributed by atoms with van der Waals surface area (Å²) in [4.78, 5) is 48.8. The van der Waals surface area contributed by atoms with Crippen LogP contribution in [0.3, 0.4) is 0 Å². The second-order valence-electron chi connectivity index (χ2n) is 5.84. The SMILES string of the molecule is CCOC(=O)C(Cc1ccc(SCC(C)=O)cc1)(NC(C)=O)C(=O)OCC. The maximum atomic E-state index is 12.6. The van der Waals surface area contributed by atoms with Crippen molar-refractivity contribution in [2.24, 2.45) is 0 Å². The van der Waals surface area contributed by atoms with Crippen molar-refractivity contribution in [3.63, 3.8) is 0 Å². The van der Waals surface area contributed by atoms with Gasteiger partial charge in [0.2, 0.25) is 11.4 Å². The first-order valence-electron chi connectivity index (χ1n) is 8.59. The molecule has 0 saturated heterocycles. The van der Waals surface area contributed by atoms with Crippen LogP contribution < -0.4 is 5.32 Å². The maximum Gasteiger partial charge on any atom is 0.344 e. The van der Waals surface area contributed by atoms with Gasteiger partial charge in [0.05, 0.1) is 19.0 Å². The minimum Gasteiger partial charge on any atom is -0.464 e. The highest BCUT2D eigenvalue weighted by molar-refractivity contribution is 8.00. The van der Waals surface area contributed by atoms with Gasteiger partial charge >= 0.3 is 11.9 Å². The lowest BCUT2D eigenvalue weighted by atomic mass is 9.90. The van der Waals surface area contributed by atoms with Crippen molar-refractivity contribution >= 4 is 35.4 Å². The van der Waals surface area contributed by atoms with Gasteiger partial charge in [-0.15, -0.1) is 11.8 Å². The van der Waals surface area contributed by atoms with Crippen LogP contribution in [0.2, 0.25) is 0 Å². The van der Waals surface area contributed by atoms with Crippen LogP contribution >= 0.6 is 11.8 Å². The van der Waals surface area contributed by atoms with E-state index >= 15 is 0 Å². The highest BCUT2D eigenvalue weighted by Crippen LogP contribution is 2.23. The third kappa shape index (κ3) is 6.71. The standard InChI is InChI=1S/C19H25NO6S/c1-5-25-17(23)19(20-14(4)22,18(24)26-6-2)11-15-7-9-16(10-8-15)27-12-13(3)21/h7-10H,5-6,11-12H2,1-4H3,(H,20,22). The van der Waals surface area contributed by atoms with Crippen LogP contribution in [0, 0.1) is 0 Å². The van der Waals surface area contributed by atoms with Gasteiger partial charge in [-0.3, -0.25) is 9.59 Å². The summed E-state index contributed by atoms with van der Waals surface area (Å²) in [5, 5.41) is 2.43. The van der Waals surface area contributed by atoms with E-state index in [0.29, 0.717) is 11.3 Å². The monoisotopic (exact) mass is 395 g/mol. The van der Waals surface area contributed by atoms with Gasteiger partial charge in [0.25, 0.3) is 0 Å². The highest BCUT2D eigenvalue weighted by Gasteiger charge is 2.50. The molecule has 0 spiro atoms. The molecule has 27 heavy (non-hydrogen) atoms. The van der Waals surface area contributed by atoms with Crippen LogP contribution in [0.1, 0.15) is 33.3 Å². The number of ether oxygens (including phenoxy) is 2. The Kier molecular flexibility index (Phi) is 9.00. The Balaban J connectivity index is 3.17. The van der Waals surface area contributed by atoms with E-state index in [4.69, 9.17) is 9.47 Å². The van der Waals surface area contributed by atoms with Gasteiger partial charge in [0.15, 0.2) is 0 Å². The van der Waals surface area contributed by atoms with Gasteiger partial charge < -0.3 is 14.8 Å². The molecule has 0 atom stereocenters. The minimum absolute atomic E-state index is 0.0558. The zero-order valence-corrected chi connectivity index (χ0v) is 16.8. The van der Waals surface area contributed by atoms with Gasteiger partial charge in [-0.1, -0.05) is 12.1 Å². The average molecular weight is 395 g/mol. The van der Waals surface area contributed by atoms with E-state index < -0.39 is 23.4 Å². The molecule has 148 valence electrons. The van der Waals surface area contributed by atoms with Crippen LogP contribution in [0.4, 0.5) is 0 Å². The van der Waals surface area contributed by atoms with E-state index in [1.54, 1.807) is 38.1 Å². The van der Waals surface area contributed by atoms with Crippen molar-refractivity contribution in [1.82, 2.24) is 5.32 Å². The Bertz CT molecular complexity index is 668. The molecule has 1 amide bonds. The lowest BCUT2D eigenvalue weighted by molar-refractivity contribution is -0.168. The number of carbonyl (C=O) groups is 4. The summed E-state index contributed by atoms with van der Waals surface area (Å²) in [6.45, 7) is 6.07. The molecule has 0 aromatic heterocycles. The van der Waals surface area contributed by atoms with Gasteiger partial charge in [-0.2, -0.15) is 0 Å². The summed E-state index contributed by atoms with van der Waals surface area (Å²) in [7, 11) is 0. The Labute approximate surface area is 163 Å². The second kappa shape index (κ2) is 10.7. The number of amides is 1. The zero-order chi connectivity index (χ0) is 20.4. The summed E-state index contributed by atoms with van der Waals surface area (Å²) in [6, 6.07) is 7.05. The zero-order valence-electron chi connectivity index (χ0n) is 16.0. The number of ketones is 1. The Morgan fingerprint density at radius 2 is 1.48 bits per heavy atom. The smallest absolute Gasteiger partial charge is 0.344 e. The summed E-state index contributed by atoms with van der Waals surface area (Å²) in [5.41, 5.74) is -1.32. The van der Waals surface area contributed by atoms with Crippen LogP contribution in [-0.4, -0.2) is 48.1 Å². The predicted molar refractivity (Wildman–Crippen MR) is 101 cm³/mol. The van der Waals surface area contributed by atoms with Crippen molar-refractivity contribution in [2.75, 3.05) is 19.0 Å². The molecule has 7 nitrogen and oxygen atoms in total. The number of thioether (sulfide) groups is 1. The number of benzene rings is 1. The molecule has 0 aliphatic rings. The van der Waals surface area contributed by atoms with Crippen molar-refractivity contribution in [1.29, 1.82) is 0 Å². The lowest BCUT2D eigenvalue weighted by Gasteiger charge is -2.29. The van der Waals surface area contributed by atoms with Gasteiger partial charge in [-0.05, 0) is 38.5 Å². The molecule has 0 radical (unpaired) electrons. The predicted octanol–water partition coefficient (Wildman–Crippen LogP) is 1.91. The number of nitrogens with one attached hydrogen (secondary N) is 1. The molecule has 0 unspecified atom stereocenters. The Hall–Kier alpha value is -2.35. The van der Waals surface area contributed by atoms with Gasteiger partial charge in [0.1, 0.15) is 5.78 Å². The molecular formula is C19H25NO6S. The number of esters is 2. The third-order valence-corrected chi connectivity index (χ3v) is 4.63. The molecule has 0 bridgehead atoms. The summed E-state index contributed by atoms with van der Waals surface area (Å²) in [6.07, 6.45) is -0.109. The first kappa shape index (κ1) is 22.7. The molecule has 0 heterocycles. The molecule has 8 heteroatoms. The molecule has 1 aromatic rings.